The molecule has 0 aliphatic rings. The molecule has 5 nitrogen and oxygen atoms in total. The number of hydrogen-bond donors (Lipinski definition) is 0. The standard InChI is InChI=1S/C12H9ClN2O3/c13-12(11-2-1-7-18-11)14-8-9-3-5-10(6-4-9)15(16)17/h1-7H,8H2. The fourth-order valence-electron chi connectivity index (χ4n) is 1.36. The van der Waals surface area contributed by atoms with E-state index in [9.17, 15) is 10.1 Å². The maximum atomic E-state index is 10.5. The van der Waals surface area contributed by atoms with Crippen LogP contribution in [0.1, 0.15) is 11.3 Å². The largest absolute Gasteiger partial charge is 0.462 e. The number of non-ortho nitro benzene ring substituents is 1. The number of nitro groups is 1. The topological polar surface area (TPSA) is 68.6 Å². The van der Waals surface area contributed by atoms with Gasteiger partial charge in [-0.25, -0.2) is 0 Å². The second kappa shape index (κ2) is 5.46. The minimum absolute atomic E-state index is 0.0554. The lowest BCUT2D eigenvalue weighted by Gasteiger charge is -1.97. The second-order valence-corrected chi connectivity index (χ2v) is 3.87. The lowest BCUT2D eigenvalue weighted by molar-refractivity contribution is -0.384. The SMILES string of the molecule is O=[N+]([O-])c1ccc(CN=C(Cl)c2ccco2)cc1. The molecule has 0 fully saturated rings. The molecule has 2 rings (SSSR count). The Morgan fingerprint density at radius 3 is 2.61 bits per heavy atom. The molecular weight excluding hydrogens is 256 g/mol. The molecule has 1 heterocycles. The Labute approximate surface area is 108 Å². The number of nitro benzene ring substituents is 1. The van der Waals surface area contributed by atoms with Crippen molar-refractivity contribution < 1.29 is 9.34 Å². The predicted octanol–water partition coefficient (Wildman–Crippen LogP) is 3.37. The van der Waals surface area contributed by atoms with Gasteiger partial charge in [0.25, 0.3) is 5.69 Å². The molecule has 1 aromatic heterocycles. The first kappa shape index (κ1) is 12.3. The Hall–Kier alpha value is -2.14. The third kappa shape index (κ3) is 2.95. The summed E-state index contributed by atoms with van der Waals surface area (Å²) in [6, 6.07) is 9.60. The highest BCUT2D eigenvalue weighted by Crippen LogP contribution is 2.13. The van der Waals surface area contributed by atoms with Crippen LogP contribution >= 0.6 is 11.6 Å². The molecule has 0 aliphatic carbocycles. The maximum Gasteiger partial charge on any atom is 0.269 e. The minimum atomic E-state index is -0.442. The van der Waals surface area contributed by atoms with Crippen molar-refractivity contribution in [1.82, 2.24) is 0 Å². The Morgan fingerprint density at radius 2 is 2.06 bits per heavy atom. The summed E-state index contributed by atoms with van der Waals surface area (Å²) in [4.78, 5) is 14.2. The molecular formula is C12H9ClN2O3. The van der Waals surface area contributed by atoms with E-state index in [2.05, 4.69) is 4.99 Å². The molecule has 92 valence electrons. The van der Waals surface area contributed by atoms with Gasteiger partial charge in [0.1, 0.15) is 0 Å². The molecule has 0 unspecified atom stereocenters. The van der Waals surface area contributed by atoms with E-state index in [1.54, 1.807) is 24.3 Å². The van der Waals surface area contributed by atoms with Gasteiger partial charge in [-0.15, -0.1) is 0 Å². The number of aliphatic imine (C=N–C) groups is 1. The lowest BCUT2D eigenvalue weighted by atomic mass is 10.2. The van der Waals surface area contributed by atoms with Crippen molar-refractivity contribution in [3.8, 4) is 0 Å². The average molecular weight is 265 g/mol. The van der Waals surface area contributed by atoms with Crippen molar-refractivity contribution in [3.63, 3.8) is 0 Å². The first-order valence-electron chi connectivity index (χ1n) is 5.14. The van der Waals surface area contributed by atoms with Gasteiger partial charge >= 0.3 is 0 Å². The highest BCUT2D eigenvalue weighted by atomic mass is 35.5. The molecule has 0 saturated carbocycles. The van der Waals surface area contributed by atoms with E-state index in [0.29, 0.717) is 12.3 Å². The minimum Gasteiger partial charge on any atom is -0.462 e. The van der Waals surface area contributed by atoms with Gasteiger partial charge < -0.3 is 4.42 Å². The monoisotopic (exact) mass is 264 g/mol. The molecule has 18 heavy (non-hydrogen) atoms. The van der Waals surface area contributed by atoms with Gasteiger partial charge in [0.15, 0.2) is 10.9 Å². The van der Waals surface area contributed by atoms with Crippen LogP contribution in [0.2, 0.25) is 0 Å². The van der Waals surface area contributed by atoms with E-state index in [4.69, 9.17) is 16.0 Å². The number of halogens is 1. The summed E-state index contributed by atoms with van der Waals surface area (Å²) in [5.41, 5.74) is 0.894. The molecule has 0 atom stereocenters. The summed E-state index contributed by atoms with van der Waals surface area (Å²) in [5, 5.41) is 10.8. The normalized spacial score (nSPS) is 11.5. The highest BCUT2D eigenvalue weighted by Gasteiger charge is 2.05. The summed E-state index contributed by atoms with van der Waals surface area (Å²) < 4.78 is 5.08. The number of hydrogen-bond acceptors (Lipinski definition) is 4. The molecule has 2 aromatic rings. The van der Waals surface area contributed by atoms with Gasteiger partial charge in [-0.2, -0.15) is 0 Å². The quantitative estimate of drug-likeness (QED) is 0.483. The smallest absolute Gasteiger partial charge is 0.269 e. The van der Waals surface area contributed by atoms with Gasteiger partial charge in [-0.05, 0) is 17.7 Å². The van der Waals surface area contributed by atoms with Gasteiger partial charge in [0.2, 0.25) is 0 Å². The molecule has 0 amide bonds. The van der Waals surface area contributed by atoms with Crippen molar-refractivity contribution >= 4 is 22.5 Å². The van der Waals surface area contributed by atoms with Crippen molar-refractivity contribution in [2.75, 3.05) is 0 Å². The maximum absolute atomic E-state index is 10.5. The Balaban J connectivity index is 2.06. The highest BCUT2D eigenvalue weighted by molar-refractivity contribution is 6.69. The molecule has 0 aliphatic heterocycles. The van der Waals surface area contributed by atoms with Crippen LogP contribution in [0.25, 0.3) is 0 Å². The van der Waals surface area contributed by atoms with E-state index in [1.807, 2.05) is 0 Å². The van der Waals surface area contributed by atoms with Crippen LogP contribution in [0.4, 0.5) is 5.69 Å². The van der Waals surface area contributed by atoms with Crippen molar-refractivity contribution in [3.05, 3.63) is 64.1 Å². The van der Waals surface area contributed by atoms with Crippen LogP contribution in [0.3, 0.4) is 0 Å². The fraction of sp³-hybridized carbons (Fsp3) is 0.0833. The number of benzene rings is 1. The first-order valence-corrected chi connectivity index (χ1v) is 5.52. The average Bonchev–Trinajstić information content (AvgIpc) is 2.90. The zero-order valence-corrected chi connectivity index (χ0v) is 10.0. The van der Waals surface area contributed by atoms with Crippen LogP contribution < -0.4 is 0 Å². The van der Waals surface area contributed by atoms with E-state index in [0.717, 1.165) is 5.56 Å². The Kier molecular flexibility index (Phi) is 3.74. The summed E-state index contributed by atoms with van der Waals surface area (Å²) >= 11 is 5.93. The van der Waals surface area contributed by atoms with E-state index >= 15 is 0 Å². The second-order valence-electron chi connectivity index (χ2n) is 3.51. The van der Waals surface area contributed by atoms with Crippen LogP contribution in [-0.2, 0) is 6.54 Å². The number of rotatable bonds is 4. The molecule has 0 radical (unpaired) electrons. The predicted molar refractivity (Wildman–Crippen MR) is 67.9 cm³/mol. The Morgan fingerprint density at radius 1 is 1.33 bits per heavy atom. The van der Waals surface area contributed by atoms with Gasteiger partial charge in [0.05, 0.1) is 17.7 Å². The fourth-order valence-corrected chi connectivity index (χ4v) is 1.52. The summed E-state index contributed by atoms with van der Waals surface area (Å²) in [5.74, 6) is 0.499. The molecule has 1 aromatic carbocycles. The molecule has 6 heteroatoms. The third-order valence-electron chi connectivity index (χ3n) is 2.27. The van der Waals surface area contributed by atoms with Gasteiger partial charge in [-0.1, -0.05) is 23.7 Å². The Bertz CT molecular complexity index is 562. The third-order valence-corrected chi connectivity index (χ3v) is 2.58. The summed E-state index contributed by atoms with van der Waals surface area (Å²) in [7, 11) is 0. The van der Waals surface area contributed by atoms with Crippen LogP contribution in [-0.4, -0.2) is 10.1 Å². The summed E-state index contributed by atoms with van der Waals surface area (Å²) in [6.45, 7) is 0.345. The van der Waals surface area contributed by atoms with E-state index < -0.39 is 4.92 Å². The number of furan rings is 1. The van der Waals surface area contributed by atoms with Crippen LogP contribution in [0.15, 0.2) is 52.1 Å². The van der Waals surface area contributed by atoms with E-state index in [-0.39, 0.29) is 10.9 Å². The van der Waals surface area contributed by atoms with Crippen molar-refractivity contribution in [2.24, 2.45) is 4.99 Å². The molecule has 0 N–H and O–H groups in total. The zero-order valence-electron chi connectivity index (χ0n) is 9.25. The first-order chi connectivity index (χ1) is 8.66. The van der Waals surface area contributed by atoms with Crippen molar-refractivity contribution in [2.45, 2.75) is 6.54 Å². The van der Waals surface area contributed by atoms with Crippen LogP contribution in [0, 0.1) is 10.1 Å². The molecule has 0 saturated heterocycles. The molecule has 0 bridgehead atoms. The van der Waals surface area contributed by atoms with Crippen LogP contribution in [0.5, 0.6) is 0 Å². The van der Waals surface area contributed by atoms with Crippen molar-refractivity contribution in [1.29, 1.82) is 0 Å². The van der Waals surface area contributed by atoms with Gasteiger partial charge in [-0.3, -0.25) is 15.1 Å². The molecule has 0 spiro atoms. The van der Waals surface area contributed by atoms with E-state index in [1.165, 1.54) is 18.4 Å². The van der Waals surface area contributed by atoms with Gasteiger partial charge in [0, 0.05) is 12.1 Å². The summed E-state index contributed by atoms with van der Waals surface area (Å²) in [6.07, 6.45) is 1.51. The zero-order chi connectivity index (χ0) is 13.0. The number of nitrogens with zero attached hydrogens (tertiary/aromatic N) is 2. The lowest BCUT2D eigenvalue weighted by Crippen LogP contribution is -1.91.